The van der Waals surface area contributed by atoms with Crippen molar-refractivity contribution in [2.75, 3.05) is 31.2 Å². The number of carbonyl (C=O) groups excluding carboxylic acids is 3. The number of aryl methyl sites for hydroxylation is 1. The molecule has 0 saturated carbocycles. The van der Waals surface area contributed by atoms with E-state index < -0.39 is 27.4 Å². The van der Waals surface area contributed by atoms with Crippen LogP contribution in [0.1, 0.15) is 51.0 Å². The molecule has 2 unspecified atom stereocenters. The molecular formula is C30H39ClN2O5S. The summed E-state index contributed by atoms with van der Waals surface area (Å²) in [5, 5.41) is 10.0. The number of para-hydroxylation sites is 1. The van der Waals surface area contributed by atoms with Gasteiger partial charge < -0.3 is 19.6 Å². The van der Waals surface area contributed by atoms with E-state index in [4.69, 9.17) is 16.3 Å². The summed E-state index contributed by atoms with van der Waals surface area (Å²) in [6.07, 6.45) is 7.65. The fraction of sp³-hybridized carbons (Fsp3) is 0.567. The standard InChI is InChI=1S/C30H39ClN2O5S/c1-5-7-8-9-19-38-28(37)23-22-26(35)33(17-11-18-34)25(30(22)15-14-29(23,4)39-30)27(36)32(16-6-2)24-20(3)12-10-13-21(24)31/h5-6,10,12-13,22-23,25,34H,1-2,7-9,11,14-19H2,3-4H3/t22-,23+,25?,29-,30?/m0/s1. The maximum absolute atomic E-state index is 14.6. The number of aliphatic hydroxyl groups is 1. The highest BCUT2D eigenvalue weighted by Crippen LogP contribution is 2.71. The van der Waals surface area contributed by atoms with Gasteiger partial charge in [-0.15, -0.1) is 24.9 Å². The van der Waals surface area contributed by atoms with Gasteiger partial charge in [-0.2, -0.15) is 0 Å². The molecule has 3 saturated heterocycles. The zero-order valence-corrected chi connectivity index (χ0v) is 24.4. The van der Waals surface area contributed by atoms with Crippen molar-refractivity contribution in [1.29, 1.82) is 0 Å². The topological polar surface area (TPSA) is 87.1 Å². The van der Waals surface area contributed by atoms with Gasteiger partial charge in [-0.3, -0.25) is 14.4 Å². The van der Waals surface area contributed by atoms with Gasteiger partial charge >= 0.3 is 5.97 Å². The van der Waals surface area contributed by atoms with E-state index in [0.29, 0.717) is 36.6 Å². The fourth-order valence-corrected chi connectivity index (χ4v) is 9.39. The monoisotopic (exact) mass is 574 g/mol. The lowest BCUT2D eigenvalue weighted by atomic mass is 9.66. The number of rotatable bonds is 13. The average Bonchev–Trinajstić information content (AvgIpc) is 3.46. The van der Waals surface area contributed by atoms with E-state index in [2.05, 4.69) is 13.2 Å². The van der Waals surface area contributed by atoms with Gasteiger partial charge in [0.05, 0.1) is 33.9 Å². The second-order valence-corrected chi connectivity index (χ2v) is 13.2. The van der Waals surface area contributed by atoms with Gasteiger partial charge in [0.25, 0.3) is 5.91 Å². The van der Waals surface area contributed by atoms with Gasteiger partial charge in [0.1, 0.15) is 6.04 Å². The Morgan fingerprint density at radius 3 is 2.69 bits per heavy atom. The van der Waals surface area contributed by atoms with Crippen molar-refractivity contribution in [2.45, 2.75) is 67.9 Å². The first-order valence-electron chi connectivity index (χ1n) is 13.7. The summed E-state index contributed by atoms with van der Waals surface area (Å²) in [7, 11) is 0. The van der Waals surface area contributed by atoms with Crippen molar-refractivity contribution in [1.82, 2.24) is 4.90 Å². The Balaban J connectivity index is 1.72. The smallest absolute Gasteiger partial charge is 0.311 e. The Kier molecular flexibility index (Phi) is 9.19. The molecule has 1 N–H and O–H groups in total. The van der Waals surface area contributed by atoms with Crippen molar-refractivity contribution >= 4 is 46.8 Å². The molecular weight excluding hydrogens is 536 g/mol. The second-order valence-electron chi connectivity index (χ2n) is 10.9. The quantitative estimate of drug-likeness (QED) is 0.204. The van der Waals surface area contributed by atoms with Crippen molar-refractivity contribution in [3.8, 4) is 0 Å². The predicted octanol–water partition coefficient (Wildman–Crippen LogP) is 4.93. The highest BCUT2D eigenvalue weighted by Gasteiger charge is 2.77. The number of unbranched alkanes of at least 4 members (excludes halogenated alkanes) is 2. The number of allylic oxidation sites excluding steroid dienone is 1. The summed E-state index contributed by atoms with van der Waals surface area (Å²) in [5.41, 5.74) is 1.43. The molecule has 3 fully saturated rings. The van der Waals surface area contributed by atoms with Gasteiger partial charge in [0.2, 0.25) is 5.91 Å². The van der Waals surface area contributed by atoms with Crippen LogP contribution in [0.5, 0.6) is 0 Å². The first-order chi connectivity index (χ1) is 18.7. The van der Waals surface area contributed by atoms with Crippen LogP contribution < -0.4 is 4.90 Å². The molecule has 1 aromatic carbocycles. The van der Waals surface area contributed by atoms with Crippen molar-refractivity contribution in [2.24, 2.45) is 11.8 Å². The molecule has 3 aliphatic rings. The molecule has 39 heavy (non-hydrogen) atoms. The van der Waals surface area contributed by atoms with Crippen LogP contribution in [0.2, 0.25) is 5.02 Å². The van der Waals surface area contributed by atoms with Crippen LogP contribution in [-0.2, 0) is 19.1 Å². The molecule has 1 spiro atoms. The Morgan fingerprint density at radius 1 is 1.26 bits per heavy atom. The number of benzene rings is 1. The number of likely N-dealkylation sites (tertiary alicyclic amines) is 1. The van der Waals surface area contributed by atoms with E-state index in [0.717, 1.165) is 24.8 Å². The number of carbonyl (C=O) groups is 3. The van der Waals surface area contributed by atoms with Crippen LogP contribution in [0, 0.1) is 18.8 Å². The van der Waals surface area contributed by atoms with Gasteiger partial charge in [0, 0.05) is 24.4 Å². The molecule has 5 atom stereocenters. The number of fused-ring (bicyclic) bond motifs is 1. The third kappa shape index (κ3) is 5.16. The zero-order chi connectivity index (χ0) is 28.4. The van der Waals surface area contributed by atoms with Gasteiger partial charge in [0.15, 0.2) is 0 Å². The lowest BCUT2D eigenvalue weighted by Crippen LogP contribution is -2.55. The summed E-state index contributed by atoms with van der Waals surface area (Å²) in [6, 6.07) is 4.68. The van der Waals surface area contributed by atoms with Gasteiger partial charge in [-0.25, -0.2) is 0 Å². The number of anilines is 1. The summed E-state index contributed by atoms with van der Waals surface area (Å²) >= 11 is 8.21. The minimum Gasteiger partial charge on any atom is -0.465 e. The van der Waals surface area contributed by atoms with E-state index in [1.807, 2.05) is 32.1 Å². The molecule has 7 nitrogen and oxygen atoms in total. The highest BCUT2D eigenvalue weighted by molar-refractivity contribution is 8.02. The van der Waals surface area contributed by atoms with Crippen LogP contribution in [0.15, 0.2) is 43.5 Å². The number of hydrogen-bond acceptors (Lipinski definition) is 6. The Labute approximate surface area is 240 Å². The number of halogens is 1. The number of ether oxygens (including phenoxy) is 1. The number of amides is 2. The number of hydrogen-bond donors (Lipinski definition) is 1. The minimum atomic E-state index is -0.797. The number of aliphatic hydroxyl groups excluding tert-OH is 1. The molecule has 2 amide bonds. The van der Waals surface area contributed by atoms with Gasteiger partial charge in [-0.05, 0) is 64.0 Å². The molecule has 9 heteroatoms. The summed E-state index contributed by atoms with van der Waals surface area (Å²) in [4.78, 5) is 45.4. The van der Waals surface area contributed by atoms with E-state index in [-0.39, 0.29) is 37.5 Å². The molecule has 212 valence electrons. The largest absolute Gasteiger partial charge is 0.465 e. The minimum absolute atomic E-state index is 0.108. The maximum atomic E-state index is 14.6. The Hall–Kier alpha value is -2.29. The highest BCUT2D eigenvalue weighted by atomic mass is 35.5. The molecule has 3 heterocycles. The third-order valence-corrected chi connectivity index (χ3v) is 10.7. The molecule has 1 aromatic rings. The molecule has 0 radical (unpaired) electrons. The fourth-order valence-electron chi connectivity index (χ4n) is 6.73. The first-order valence-corrected chi connectivity index (χ1v) is 14.9. The number of esters is 1. The predicted molar refractivity (Wildman–Crippen MR) is 156 cm³/mol. The Morgan fingerprint density at radius 2 is 2.03 bits per heavy atom. The summed E-state index contributed by atoms with van der Waals surface area (Å²) in [6.45, 7) is 12.2. The number of nitrogens with zero attached hydrogens (tertiary/aromatic N) is 2. The maximum Gasteiger partial charge on any atom is 0.311 e. The van der Waals surface area contributed by atoms with E-state index in [1.165, 1.54) is 0 Å². The molecule has 3 aliphatic heterocycles. The SMILES string of the molecule is C=CCCCCOC(=O)[C@H]1[C@H]2C(=O)N(CCCO)C(C(=O)N(CC=C)c3c(C)cccc3Cl)C23CC[C@]1(C)S3. The van der Waals surface area contributed by atoms with Crippen LogP contribution in [0.4, 0.5) is 5.69 Å². The van der Waals surface area contributed by atoms with Crippen LogP contribution in [-0.4, -0.2) is 69.6 Å². The van der Waals surface area contributed by atoms with E-state index in [1.54, 1.807) is 33.7 Å². The summed E-state index contributed by atoms with van der Waals surface area (Å²) in [5.74, 6) is -2.10. The molecule has 4 rings (SSSR count). The Bertz CT molecular complexity index is 1120. The average molecular weight is 575 g/mol. The lowest BCUT2D eigenvalue weighted by molar-refractivity contribution is -0.155. The van der Waals surface area contributed by atoms with Crippen molar-refractivity contribution < 1.29 is 24.2 Å². The van der Waals surface area contributed by atoms with E-state index in [9.17, 15) is 19.5 Å². The van der Waals surface area contributed by atoms with Crippen molar-refractivity contribution in [3.63, 3.8) is 0 Å². The van der Waals surface area contributed by atoms with E-state index >= 15 is 0 Å². The normalized spacial score (nSPS) is 28.9. The van der Waals surface area contributed by atoms with Crippen LogP contribution in [0.3, 0.4) is 0 Å². The van der Waals surface area contributed by atoms with Crippen LogP contribution >= 0.6 is 23.4 Å². The third-order valence-electron chi connectivity index (χ3n) is 8.40. The van der Waals surface area contributed by atoms with Crippen LogP contribution in [0.25, 0.3) is 0 Å². The molecule has 0 aromatic heterocycles. The lowest BCUT2D eigenvalue weighted by Gasteiger charge is -2.37. The van der Waals surface area contributed by atoms with Gasteiger partial charge in [-0.1, -0.05) is 35.9 Å². The number of thioether (sulfide) groups is 1. The molecule has 2 bridgehead atoms. The zero-order valence-electron chi connectivity index (χ0n) is 22.9. The summed E-state index contributed by atoms with van der Waals surface area (Å²) < 4.78 is 4.46. The molecule has 0 aliphatic carbocycles. The first kappa shape index (κ1) is 29.7. The van der Waals surface area contributed by atoms with Crippen molar-refractivity contribution in [3.05, 3.63) is 54.1 Å². The second kappa shape index (κ2) is 12.1.